The van der Waals surface area contributed by atoms with Crippen molar-refractivity contribution in [1.29, 1.82) is 0 Å². The Morgan fingerprint density at radius 2 is 1.91 bits per heavy atom. The predicted molar refractivity (Wildman–Crippen MR) is 122 cm³/mol. The number of nitrogens with one attached hydrogen (secondary N) is 2. The maximum absolute atomic E-state index is 12.6. The van der Waals surface area contributed by atoms with E-state index in [2.05, 4.69) is 14.8 Å². The smallest absolute Gasteiger partial charge is 0.491 e. The van der Waals surface area contributed by atoms with Gasteiger partial charge in [0.05, 0.1) is 18.6 Å². The molecule has 0 spiro atoms. The van der Waals surface area contributed by atoms with Crippen LogP contribution in [0.1, 0.15) is 40.7 Å². The van der Waals surface area contributed by atoms with Crippen molar-refractivity contribution >= 4 is 21.5 Å². The number of rotatable bonds is 12. The van der Waals surface area contributed by atoms with Crippen molar-refractivity contribution in [3.8, 4) is 11.5 Å². The molecule has 7 nitrogen and oxygen atoms in total. The summed E-state index contributed by atoms with van der Waals surface area (Å²) in [7, 11) is -3.52. The molecule has 0 atom stereocenters. The predicted octanol–water partition coefficient (Wildman–Crippen LogP) is 4.08. The van der Waals surface area contributed by atoms with E-state index < -0.39 is 16.4 Å². The minimum atomic E-state index is -4.73. The molecule has 0 amide bonds. The number of hydrogen-bond donors (Lipinski definition) is 2. The summed E-state index contributed by atoms with van der Waals surface area (Å²) in [6.07, 6.45) is -1.10. The van der Waals surface area contributed by atoms with Gasteiger partial charge in [0.15, 0.2) is 5.78 Å². The fourth-order valence-electron chi connectivity index (χ4n) is 3.71. The molecule has 2 aromatic carbocycles. The quantitative estimate of drug-likeness (QED) is 0.337. The second kappa shape index (κ2) is 11.1. The van der Waals surface area contributed by atoms with Gasteiger partial charge < -0.3 is 14.8 Å². The fourth-order valence-corrected chi connectivity index (χ4v) is 4.26. The molecule has 0 aliphatic carbocycles. The number of anilines is 1. The summed E-state index contributed by atoms with van der Waals surface area (Å²) >= 11 is 0. The van der Waals surface area contributed by atoms with Crippen molar-refractivity contribution in [2.24, 2.45) is 0 Å². The van der Waals surface area contributed by atoms with Crippen molar-refractivity contribution in [3.63, 3.8) is 0 Å². The van der Waals surface area contributed by atoms with Crippen molar-refractivity contribution in [2.45, 2.75) is 38.5 Å². The molecule has 11 heteroatoms. The number of alkyl halides is 3. The zero-order valence-corrected chi connectivity index (χ0v) is 19.5. The number of benzene rings is 2. The number of hydrogen-bond acceptors (Lipinski definition) is 6. The van der Waals surface area contributed by atoms with E-state index in [1.54, 1.807) is 18.2 Å². The van der Waals surface area contributed by atoms with Crippen LogP contribution >= 0.6 is 0 Å². The van der Waals surface area contributed by atoms with Crippen molar-refractivity contribution < 1.29 is 35.9 Å². The Balaban J connectivity index is 1.43. The zero-order valence-electron chi connectivity index (χ0n) is 18.7. The molecule has 1 aliphatic rings. The monoisotopic (exact) mass is 500 g/mol. The highest BCUT2D eigenvalue weighted by molar-refractivity contribution is 7.92. The summed E-state index contributed by atoms with van der Waals surface area (Å²) in [6.45, 7) is 1.51. The van der Waals surface area contributed by atoms with E-state index in [4.69, 9.17) is 4.74 Å². The number of carbonyl (C=O) groups excluding carboxylic acids is 1. The van der Waals surface area contributed by atoms with Gasteiger partial charge in [-0.05, 0) is 56.1 Å². The maximum Gasteiger partial charge on any atom is 0.573 e. The van der Waals surface area contributed by atoms with E-state index in [1.807, 2.05) is 0 Å². The zero-order chi connectivity index (χ0) is 24.8. The Kier molecular flexibility index (Phi) is 8.42. The second-order valence-corrected chi connectivity index (χ2v) is 9.77. The minimum absolute atomic E-state index is 0.0931. The van der Waals surface area contributed by atoms with Gasteiger partial charge >= 0.3 is 6.36 Å². The largest absolute Gasteiger partial charge is 0.573 e. The number of ether oxygens (including phenoxy) is 2. The van der Waals surface area contributed by atoms with E-state index in [1.165, 1.54) is 18.2 Å². The Morgan fingerprint density at radius 3 is 2.65 bits per heavy atom. The third-order valence-corrected chi connectivity index (χ3v) is 5.77. The first kappa shape index (κ1) is 25.8. The number of halogens is 3. The molecule has 3 rings (SSSR count). The van der Waals surface area contributed by atoms with Crippen LogP contribution in [0.5, 0.6) is 11.5 Å². The first-order chi connectivity index (χ1) is 16.0. The second-order valence-electron chi connectivity index (χ2n) is 8.02. The minimum Gasteiger partial charge on any atom is -0.491 e. The average molecular weight is 501 g/mol. The molecule has 0 saturated heterocycles. The van der Waals surface area contributed by atoms with E-state index in [-0.39, 0.29) is 17.2 Å². The molecule has 186 valence electrons. The third kappa shape index (κ3) is 7.91. The Labute approximate surface area is 196 Å². The highest BCUT2D eigenvalue weighted by Gasteiger charge is 2.31. The lowest BCUT2D eigenvalue weighted by molar-refractivity contribution is -0.274. The average Bonchev–Trinajstić information content (AvgIpc) is 3.21. The Morgan fingerprint density at radius 1 is 1.15 bits per heavy atom. The molecule has 1 aliphatic heterocycles. The Bertz CT molecular complexity index is 1120. The summed E-state index contributed by atoms with van der Waals surface area (Å²) < 4.78 is 72.7. The number of sulfonamides is 1. The van der Waals surface area contributed by atoms with Gasteiger partial charge in [0.2, 0.25) is 10.0 Å². The summed E-state index contributed by atoms with van der Waals surface area (Å²) in [5.41, 5.74) is 1.97. The topological polar surface area (TPSA) is 93.7 Å². The molecule has 0 fully saturated rings. The number of ketones is 1. The van der Waals surface area contributed by atoms with Gasteiger partial charge in [-0.15, -0.1) is 13.2 Å². The van der Waals surface area contributed by atoms with Crippen molar-refractivity contribution in [1.82, 2.24) is 5.32 Å². The van der Waals surface area contributed by atoms with Gasteiger partial charge in [0.25, 0.3) is 0 Å². The van der Waals surface area contributed by atoms with Crippen molar-refractivity contribution in [3.05, 3.63) is 53.1 Å². The van der Waals surface area contributed by atoms with E-state index in [9.17, 15) is 26.4 Å². The van der Waals surface area contributed by atoms with Crippen LogP contribution in [0.25, 0.3) is 0 Å². The molecule has 2 aromatic rings. The van der Waals surface area contributed by atoms with E-state index >= 15 is 0 Å². The molecule has 0 saturated carbocycles. The molecule has 34 heavy (non-hydrogen) atoms. The highest BCUT2D eigenvalue weighted by Crippen LogP contribution is 2.36. The number of para-hydroxylation sites is 1. The highest BCUT2D eigenvalue weighted by atomic mass is 32.2. The molecule has 2 N–H and O–H groups in total. The number of Topliss-reactive ketones (excluding diaryl/α,β-unsaturated/α-hetero) is 1. The van der Waals surface area contributed by atoms with E-state index in [0.29, 0.717) is 68.7 Å². The molecule has 0 bridgehead atoms. The maximum atomic E-state index is 12.6. The van der Waals surface area contributed by atoms with Gasteiger partial charge in [0, 0.05) is 24.0 Å². The molecule has 0 radical (unpaired) electrons. The lowest BCUT2D eigenvalue weighted by Crippen LogP contribution is -2.21. The fraction of sp³-hybridized carbons (Fsp3) is 0.435. The van der Waals surface area contributed by atoms with Gasteiger partial charge in [-0.1, -0.05) is 18.2 Å². The number of carbonyl (C=O) groups is 1. The van der Waals surface area contributed by atoms with Gasteiger partial charge in [0.1, 0.15) is 11.5 Å². The Hall–Kier alpha value is -2.79. The summed E-state index contributed by atoms with van der Waals surface area (Å²) in [5, 5.41) is 3.16. The summed E-state index contributed by atoms with van der Waals surface area (Å²) in [6, 6.07) is 9.28. The summed E-state index contributed by atoms with van der Waals surface area (Å²) in [5.74, 6) is 0.171. The number of fused-ring (bicyclic) bond motifs is 1. The molecular formula is C23H27F3N2O5S. The molecule has 1 heterocycles. The normalized spacial score (nSPS) is 13.3. The first-order valence-corrected chi connectivity index (χ1v) is 12.8. The van der Waals surface area contributed by atoms with Gasteiger partial charge in [-0.25, -0.2) is 8.42 Å². The van der Waals surface area contributed by atoms with Crippen LogP contribution in [0.2, 0.25) is 0 Å². The van der Waals surface area contributed by atoms with Gasteiger partial charge in [-0.2, -0.15) is 0 Å². The molecule has 0 aromatic heterocycles. The first-order valence-electron chi connectivity index (χ1n) is 10.9. The van der Waals surface area contributed by atoms with Crippen LogP contribution in [-0.2, 0) is 22.9 Å². The van der Waals surface area contributed by atoms with Crippen molar-refractivity contribution in [2.75, 3.05) is 30.7 Å². The van der Waals surface area contributed by atoms with Crippen LogP contribution in [-0.4, -0.2) is 46.5 Å². The molecular weight excluding hydrogens is 473 g/mol. The van der Waals surface area contributed by atoms with Gasteiger partial charge in [-0.3, -0.25) is 9.52 Å². The van der Waals surface area contributed by atoms with Crippen LogP contribution < -0.4 is 19.5 Å². The van der Waals surface area contributed by atoms with E-state index in [0.717, 1.165) is 11.8 Å². The van der Waals surface area contributed by atoms with Crippen LogP contribution in [0.4, 0.5) is 18.9 Å². The van der Waals surface area contributed by atoms with Crippen LogP contribution in [0, 0.1) is 0 Å². The summed E-state index contributed by atoms with van der Waals surface area (Å²) in [4.78, 5) is 12.6. The third-order valence-electron chi connectivity index (χ3n) is 5.18. The lowest BCUT2D eigenvalue weighted by atomic mass is 10.0. The SMILES string of the molecule is CS(=O)(=O)Nc1cc(C(=O)CCCCNCCc2ccccc2OC(F)(F)F)cc2c1OCC2. The molecule has 0 unspecified atom stereocenters. The van der Waals surface area contributed by atoms with Crippen LogP contribution in [0.15, 0.2) is 36.4 Å². The lowest BCUT2D eigenvalue weighted by Gasteiger charge is -2.13. The standard InChI is InChI=1S/C23H27F3N2O5S/c1-34(30,31)28-19-15-18(14-17-10-13-32-22(17)19)20(29)7-4-5-11-27-12-9-16-6-2-3-8-21(16)33-23(24,25)26/h2-3,6,8,14-15,27-28H,4-5,7,9-13H2,1H3. The number of unbranched alkanes of at least 4 members (excludes halogenated alkanes) is 1. The van der Waals surface area contributed by atoms with Crippen LogP contribution in [0.3, 0.4) is 0 Å².